The second-order valence-corrected chi connectivity index (χ2v) is 4.79. The monoisotopic (exact) mass is 291 g/mol. The number of ether oxygens (including phenoxy) is 3. The van der Waals surface area contributed by atoms with Gasteiger partial charge in [-0.3, -0.25) is 9.69 Å². The van der Waals surface area contributed by atoms with Gasteiger partial charge in [0.2, 0.25) is 0 Å². The van der Waals surface area contributed by atoms with Crippen molar-refractivity contribution >= 4 is 5.97 Å². The van der Waals surface area contributed by atoms with E-state index in [4.69, 9.17) is 14.2 Å². The first-order valence-electron chi connectivity index (χ1n) is 7.10. The molecule has 21 heavy (non-hydrogen) atoms. The number of nitrogens with zero attached hydrogens (tertiary/aromatic N) is 1. The number of esters is 1. The minimum absolute atomic E-state index is 0.116. The van der Waals surface area contributed by atoms with Crippen molar-refractivity contribution in [2.75, 3.05) is 32.8 Å². The van der Waals surface area contributed by atoms with Crippen LogP contribution in [0.5, 0.6) is 11.5 Å². The maximum absolute atomic E-state index is 11.6. The van der Waals surface area contributed by atoms with Crippen LogP contribution in [0.3, 0.4) is 0 Å². The van der Waals surface area contributed by atoms with Gasteiger partial charge in [-0.25, -0.2) is 0 Å². The van der Waals surface area contributed by atoms with Gasteiger partial charge in [0.1, 0.15) is 12.7 Å². The third kappa shape index (κ3) is 4.49. The first-order chi connectivity index (χ1) is 10.2. The molecule has 0 saturated carbocycles. The Bertz CT molecular complexity index is 489. The molecule has 0 fully saturated rings. The molecular formula is C16H21NO4. The Kier molecular flexibility index (Phi) is 5.63. The fourth-order valence-corrected chi connectivity index (χ4v) is 2.22. The lowest BCUT2D eigenvalue weighted by molar-refractivity contribution is -0.144. The summed E-state index contributed by atoms with van der Waals surface area (Å²) in [7, 11) is 0. The number of hydrogen-bond donors (Lipinski definition) is 0. The summed E-state index contributed by atoms with van der Waals surface area (Å²) in [5.74, 6) is 1.26. The SMILES string of the molecule is C=CCN(CC(=O)OCC)CC1COc2ccccc2O1. The highest BCUT2D eigenvalue weighted by molar-refractivity contribution is 5.71. The summed E-state index contributed by atoms with van der Waals surface area (Å²) in [4.78, 5) is 13.5. The van der Waals surface area contributed by atoms with Gasteiger partial charge >= 0.3 is 5.97 Å². The molecule has 0 radical (unpaired) electrons. The lowest BCUT2D eigenvalue weighted by Gasteiger charge is -2.30. The molecule has 0 aliphatic carbocycles. The van der Waals surface area contributed by atoms with Gasteiger partial charge in [-0.05, 0) is 19.1 Å². The number of carbonyl (C=O) groups excluding carboxylic acids is 1. The molecule has 1 aliphatic heterocycles. The zero-order valence-electron chi connectivity index (χ0n) is 12.3. The first kappa shape index (κ1) is 15.4. The van der Waals surface area contributed by atoms with Crippen LogP contribution >= 0.6 is 0 Å². The molecule has 1 heterocycles. The lowest BCUT2D eigenvalue weighted by Crippen LogP contribution is -2.43. The minimum Gasteiger partial charge on any atom is -0.486 e. The van der Waals surface area contributed by atoms with Crippen molar-refractivity contribution in [3.05, 3.63) is 36.9 Å². The molecule has 1 aliphatic rings. The van der Waals surface area contributed by atoms with Crippen LogP contribution < -0.4 is 9.47 Å². The van der Waals surface area contributed by atoms with Crippen molar-refractivity contribution < 1.29 is 19.0 Å². The number of para-hydroxylation sites is 2. The quantitative estimate of drug-likeness (QED) is 0.567. The molecule has 0 saturated heterocycles. The lowest BCUT2D eigenvalue weighted by atomic mass is 10.2. The van der Waals surface area contributed by atoms with Crippen LogP contribution in [0.1, 0.15) is 6.92 Å². The van der Waals surface area contributed by atoms with Gasteiger partial charge in [-0.1, -0.05) is 18.2 Å². The van der Waals surface area contributed by atoms with Crippen LogP contribution in [0.4, 0.5) is 0 Å². The molecule has 0 amide bonds. The molecule has 0 N–H and O–H groups in total. The number of fused-ring (bicyclic) bond motifs is 1. The van der Waals surface area contributed by atoms with E-state index in [-0.39, 0.29) is 18.6 Å². The Morgan fingerprint density at radius 2 is 2.24 bits per heavy atom. The summed E-state index contributed by atoms with van der Waals surface area (Å²) in [5.41, 5.74) is 0. The minimum atomic E-state index is -0.239. The Balaban J connectivity index is 1.92. The highest BCUT2D eigenvalue weighted by Crippen LogP contribution is 2.30. The molecule has 5 nitrogen and oxygen atoms in total. The van der Waals surface area contributed by atoms with Crippen LogP contribution in [0.25, 0.3) is 0 Å². The van der Waals surface area contributed by atoms with Crippen molar-refractivity contribution in [3.8, 4) is 11.5 Å². The largest absolute Gasteiger partial charge is 0.486 e. The summed E-state index contributed by atoms with van der Waals surface area (Å²) in [6.07, 6.45) is 1.64. The summed E-state index contributed by atoms with van der Waals surface area (Å²) in [6, 6.07) is 7.58. The molecule has 1 aromatic rings. The van der Waals surface area contributed by atoms with Crippen molar-refractivity contribution in [2.45, 2.75) is 13.0 Å². The summed E-state index contributed by atoms with van der Waals surface area (Å²) in [5, 5.41) is 0. The second kappa shape index (κ2) is 7.69. The average molecular weight is 291 g/mol. The van der Waals surface area contributed by atoms with Crippen LogP contribution in [-0.2, 0) is 9.53 Å². The number of carbonyl (C=O) groups is 1. The smallest absolute Gasteiger partial charge is 0.320 e. The van der Waals surface area contributed by atoms with Crippen LogP contribution in [-0.4, -0.2) is 49.8 Å². The van der Waals surface area contributed by atoms with Crippen molar-refractivity contribution in [2.24, 2.45) is 0 Å². The van der Waals surface area contributed by atoms with E-state index in [0.717, 1.165) is 11.5 Å². The van der Waals surface area contributed by atoms with E-state index in [9.17, 15) is 4.79 Å². The Morgan fingerprint density at radius 1 is 1.48 bits per heavy atom. The number of benzene rings is 1. The molecule has 0 bridgehead atoms. The van der Waals surface area contributed by atoms with Gasteiger partial charge in [0.25, 0.3) is 0 Å². The Morgan fingerprint density at radius 3 is 2.95 bits per heavy atom. The Hall–Kier alpha value is -2.01. The Labute approximate surface area is 125 Å². The van der Waals surface area contributed by atoms with E-state index in [0.29, 0.717) is 26.3 Å². The highest BCUT2D eigenvalue weighted by Gasteiger charge is 2.23. The number of hydrogen-bond acceptors (Lipinski definition) is 5. The van der Waals surface area contributed by atoms with Gasteiger partial charge < -0.3 is 14.2 Å². The van der Waals surface area contributed by atoms with Crippen molar-refractivity contribution in [3.63, 3.8) is 0 Å². The topological polar surface area (TPSA) is 48.0 Å². The average Bonchev–Trinajstić information content (AvgIpc) is 2.47. The van der Waals surface area contributed by atoms with Gasteiger partial charge in [0, 0.05) is 13.1 Å². The molecule has 1 atom stereocenters. The molecule has 0 spiro atoms. The molecule has 1 unspecified atom stereocenters. The normalized spacial score (nSPS) is 16.6. The summed E-state index contributed by atoms with van der Waals surface area (Å²) in [6.45, 7) is 7.77. The van der Waals surface area contributed by atoms with E-state index in [1.165, 1.54) is 0 Å². The summed E-state index contributed by atoms with van der Waals surface area (Å²) >= 11 is 0. The zero-order valence-corrected chi connectivity index (χ0v) is 12.3. The predicted molar refractivity (Wildman–Crippen MR) is 79.6 cm³/mol. The van der Waals surface area contributed by atoms with Gasteiger partial charge in [0.15, 0.2) is 11.5 Å². The predicted octanol–water partition coefficient (Wildman–Crippen LogP) is 1.88. The molecular weight excluding hydrogens is 270 g/mol. The van der Waals surface area contributed by atoms with Crippen LogP contribution in [0.2, 0.25) is 0 Å². The van der Waals surface area contributed by atoms with Gasteiger partial charge in [-0.15, -0.1) is 6.58 Å². The van der Waals surface area contributed by atoms with Gasteiger partial charge in [-0.2, -0.15) is 0 Å². The van der Waals surface area contributed by atoms with Crippen molar-refractivity contribution in [1.82, 2.24) is 4.90 Å². The fraction of sp³-hybridized carbons (Fsp3) is 0.438. The second-order valence-electron chi connectivity index (χ2n) is 4.79. The van der Waals surface area contributed by atoms with E-state index >= 15 is 0 Å². The maximum Gasteiger partial charge on any atom is 0.320 e. The van der Waals surface area contributed by atoms with E-state index in [1.54, 1.807) is 13.0 Å². The molecule has 5 heteroatoms. The fourth-order valence-electron chi connectivity index (χ4n) is 2.22. The molecule has 114 valence electrons. The zero-order chi connectivity index (χ0) is 15.1. The summed E-state index contributed by atoms with van der Waals surface area (Å²) < 4.78 is 16.5. The third-order valence-corrected chi connectivity index (χ3v) is 3.07. The maximum atomic E-state index is 11.6. The van der Waals surface area contributed by atoms with E-state index < -0.39 is 0 Å². The van der Waals surface area contributed by atoms with Crippen LogP contribution in [0.15, 0.2) is 36.9 Å². The van der Waals surface area contributed by atoms with Crippen molar-refractivity contribution in [1.29, 1.82) is 0 Å². The molecule has 0 aromatic heterocycles. The van der Waals surface area contributed by atoms with Crippen LogP contribution in [0, 0.1) is 0 Å². The molecule has 2 rings (SSSR count). The molecule has 1 aromatic carbocycles. The van der Waals surface area contributed by atoms with E-state index in [1.807, 2.05) is 29.2 Å². The highest BCUT2D eigenvalue weighted by atomic mass is 16.6. The van der Waals surface area contributed by atoms with E-state index in [2.05, 4.69) is 6.58 Å². The van der Waals surface area contributed by atoms with Gasteiger partial charge in [0.05, 0.1) is 13.2 Å². The first-order valence-corrected chi connectivity index (χ1v) is 7.10. The standard InChI is InChI=1S/C16H21NO4/c1-3-9-17(11-16(18)19-4-2)10-13-12-20-14-7-5-6-8-15(14)21-13/h3,5-8,13H,1,4,9-12H2,2H3. The number of rotatable bonds is 7. The third-order valence-electron chi connectivity index (χ3n) is 3.07.